The molecule has 1 N–H and O–H groups in total. The molecule has 0 radical (unpaired) electrons. The van der Waals surface area contributed by atoms with E-state index in [1.807, 2.05) is 0 Å². The van der Waals surface area contributed by atoms with Crippen molar-refractivity contribution in [1.82, 2.24) is 0 Å². The van der Waals surface area contributed by atoms with E-state index >= 15 is 0 Å². The van der Waals surface area contributed by atoms with Crippen molar-refractivity contribution in [2.24, 2.45) is 0 Å². The van der Waals surface area contributed by atoms with Crippen LogP contribution in [0.2, 0.25) is 0 Å². The monoisotopic (exact) mass is 173 g/mol. The number of unbranched alkanes of at least 4 members (excludes halogenated alkanes) is 3. The summed E-state index contributed by atoms with van der Waals surface area (Å²) in [4.78, 5) is 0. The molecule has 0 spiro atoms. The van der Waals surface area contributed by atoms with E-state index < -0.39 is 0 Å². The Bertz CT molecular complexity index is 72.4. The van der Waals surface area contributed by atoms with Crippen LogP contribution in [0.25, 0.3) is 0 Å². The van der Waals surface area contributed by atoms with Crippen LogP contribution in [0, 0.1) is 11.3 Å². The van der Waals surface area contributed by atoms with Gasteiger partial charge in [0, 0.05) is 13.5 Å². The van der Waals surface area contributed by atoms with Crippen LogP contribution in [0.4, 0.5) is 0 Å². The molecule has 0 amide bonds. The predicted octanol–water partition coefficient (Wildman–Crippen LogP) is 3.12. The van der Waals surface area contributed by atoms with E-state index in [0.717, 1.165) is 0 Å². The van der Waals surface area contributed by atoms with E-state index in [9.17, 15) is 0 Å². The maximum atomic E-state index is 7.57. The molecule has 0 unspecified atom stereocenters. The summed E-state index contributed by atoms with van der Waals surface area (Å²) >= 11 is 0. The molecule has 12 heavy (non-hydrogen) atoms. The molecular formula is C10H23NO. The molecule has 0 atom stereocenters. The van der Waals surface area contributed by atoms with Crippen molar-refractivity contribution >= 4 is 0 Å². The van der Waals surface area contributed by atoms with Crippen LogP contribution in [-0.2, 0) is 0 Å². The number of nitrogens with zero attached hydrogens (tertiary/aromatic N) is 1. The van der Waals surface area contributed by atoms with Crippen LogP contribution >= 0.6 is 0 Å². The first-order valence-electron chi connectivity index (χ1n) is 4.66. The lowest BCUT2D eigenvalue weighted by atomic mass is 10.2. The largest absolute Gasteiger partial charge is 0.397 e. The van der Waals surface area contributed by atoms with E-state index in [2.05, 4.69) is 13.8 Å². The summed E-state index contributed by atoms with van der Waals surface area (Å²) in [5, 5.41) is 14.9. The molecule has 0 heterocycles. The topological polar surface area (TPSA) is 44.0 Å². The van der Waals surface area contributed by atoms with Crippen molar-refractivity contribution in [3.8, 4) is 6.07 Å². The third-order valence-corrected chi connectivity index (χ3v) is 0.957. The minimum atomic E-state index is 0.250. The fourth-order valence-corrected chi connectivity index (χ4v) is 0.500. The lowest BCUT2D eigenvalue weighted by Crippen LogP contribution is -1.66. The molecule has 0 bridgehead atoms. The van der Waals surface area contributed by atoms with Gasteiger partial charge in [0.05, 0.1) is 6.07 Å². The molecule has 0 aromatic carbocycles. The number of rotatable bonds is 3. The molecule has 2 heteroatoms. The smallest absolute Gasteiger partial charge is 0.0587 e. The quantitative estimate of drug-likeness (QED) is 0.666. The molecule has 74 valence electrons. The second kappa shape index (κ2) is 31.4. The summed E-state index contributed by atoms with van der Waals surface area (Å²) in [6.07, 6.45) is 5.54. The second-order valence-electron chi connectivity index (χ2n) is 2.25. The highest BCUT2D eigenvalue weighted by Crippen LogP contribution is 1.95. The number of hydrogen-bond donors (Lipinski definition) is 1. The summed E-state index contributed by atoms with van der Waals surface area (Å²) in [6.45, 7) is 7.82. The highest BCUT2D eigenvalue weighted by atomic mass is 16.2. The first-order valence-corrected chi connectivity index (χ1v) is 4.66. The Labute approximate surface area is 77.2 Å². The number of nitriles is 1. The Morgan fingerprint density at radius 2 is 1.25 bits per heavy atom. The SMILES string of the molecule is CC#N.CCCCCC.CCO. The summed E-state index contributed by atoms with van der Waals surface area (Å²) in [5.74, 6) is 0. The molecular weight excluding hydrogens is 150 g/mol. The Morgan fingerprint density at radius 1 is 1.08 bits per heavy atom. The van der Waals surface area contributed by atoms with Crippen molar-refractivity contribution < 1.29 is 5.11 Å². The number of aliphatic hydroxyl groups is 1. The van der Waals surface area contributed by atoms with Gasteiger partial charge in [-0.2, -0.15) is 5.26 Å². The lowest BCUT2D eigenvalue weighted by Gasteiger charge is -1.86. The minimum Gasteiger partial charge on any atom is -0.397 e. The highest BCUT2D eigenvalue weighted by Gasteiger charge is 1.75. The Morgan fingerprint density at radius 3 is 1.33 bits per heavy atom. The van der Waals surface area contributed by atoms with Gasteiger partial charge in [0.2, 0.25) is 0 Å². The third kappa shape index (κ3) is 112. The summed E-state index contributed by atoms with van der Waals surface area (Å²) in [7, 11) is 0. The van der Waals surface area contributed by atoms with Gasteiger partial charge in [0.15, 0.2) is 0 Å². The van der Waals surface area contributed by atoms with Gasteiger partial charge >= 0.3 is 0 Å². The fourth-order valence-electron chi connectivity index (χ4n) is 0.500. The first kappa shape index (κ1) is 17.5. The molecule has 0 aromatic heterocycles. The zero-order chi connectivity index (χ0) is 10.2. The Kier molecular flexibility index (Phi) is 45.8. The Balaban J connectivity index is -0.000000115. The minimum absolute atomic E-state index is 0.250. The molecule has 2 nitrogen and oxygen atoms in total. The first-order chi connectivity index (χ1) is 5.74. The molecule has 0 aliphatic heterocycles. The predicted molar refractivity (Wildman–Crippen MR) is 53.9 cm³/mol. The van der Waals surface area contributed by atoms with Crippen molar-refractivity contribution in [3.05, 3.63) is 0 Å². The normalized spacial score (nSPS) is 6.67. The van der Waals surface area contributed by atoms with Gasteiger partial charge in [0.1, 0.15) is 0 Å². The van der Waals surface area contributed by atoms with E-state index in [1.165, 1.54) is 32.6 Å². The van der Waals surface area contributed by atoms with E-state index in [-0.39, 0.29) is 6.61 Å². The lowest BCUT2D eigenvalue weighted by molar-refractivity contribution is 0.318. The summed E-state index contributed by atoms with van der Waals surface area (Å²) < 4.78 is 0. The van der Waals surface area contributed by atoms with E-state index in [1.54, 1.807) is 13.0 Å². The van der Waals surface area contributed by atoms with Crippen LogP contribution in [0.15, 0.2) is 0 Å². The maximum absolute atomic E-state index is 7.57. The highest BCUT2D eigenvalue weighted by molar-refractivity contribution is 4.51. The van der Waals surface area contributed by atoms with Crippen molar-refractivity contribution in [3.63, 3.8) is 0 Å². The van der Waals surface area contributed by atoms with Gasteiger partial charge in [-0.3, -0.25) is 0 Å². The van der Waals surface area contributed by atoms with Gasteiger partial charge in [-0.1, -0.05) is 39.5 Å². The zero-order valence-electron chi connectivity index (χ0n) is 8.93. The molecule has 0 aliphatic rings. The molecule has 0 aromatic rings. The van der Waals surface area contributed by atoms with Gasteiger partial charge in [-0.25, -0.2) is 0 Å². The average Bonchev–Trinajstić information content (AvgIpc) is 2.04. The van der Waals surface area contributed by atoms with Crippen LogP contribution in [0.3, 0.4) is 0 Å². The maximum Gasteiger partial charge on any atom is 0.0587 e. The van der Waals surface area contributed by atoms with Crippen LogP contribution < -0.4 is 0 Å². The standard InChI is InChI=1S/C6H14.C2H3N.C2H6O/c1-3-5-6-4-2;2*1-2-3/h3-6H2,1-2H3;1H3;3H,2H2,1H3. The molecule has 0 fully saturated rings. The molecule has 0 saturated carbocycles. The van der Waals surface area contributed by atoms with Crippen molar-refractivity contribution in [2.75, 3.05) is 6.61 Å². The fraction of sp³-hybridized carbons (Fsp3) is 0.900. The van der Waals surface area contributed by atoms with Crippen LogP contribution in [-0.4, -0.2) is 11.7 Å². The molecule has 0 rings (SSSR count). The van der Waals surface area contributed by atoms with E-state index in [0.29, 0.717) is 0 Å². The zero-order valence-corrected chi connectivity index (χ0v) is 8.93. The van der Waals surface area contributed by atoms with Crippen LogP contribution in [0.5, 0.6) is 0 Å². The average molecular weight is 173 g/mol. The number of aliphatic hydroxyl groups excluding tert-OH is 1. The van der Waals surface area contributed by atoms with Crippen molar-refractivity contribution in [2.45, 2.75) is 53.4 Å². The Hall–Kier alpha value is -0.550. The van der Waals surface area contributed by atoms with Gasteiger partial charge in [-0.05, 0) is 6.92 Å². The molecule has 0 aliphatic carbocycles. The van der Waals surface area contributed by atoms with Gasteiger partial charge in [-0.15, -0.1) is 0 Å². The van der Waals surface area contributed by atoms with Crippen LogP contribution in [0.1, 0.15) is 53.4 Å². The van der Waals surface area contributed by atoms with Gasteiger partial charge < -0.3 is 5.11 Å². The molecule has 0 saturated heterocycles. The third-order valence-electron chi connectivity index (χ3n) is 0.957. The van der Waals surface area contributed by atoms with E-state index in [4.69, 9.17) is 10.4 Å². The van der Waals surface area contributed by atoms with Crippen molar-refractivity contribution in [1.29, 1.82) is 5.26 Å². The second-order valence-corrected chi connectivity index (χ2v) is 2.25. The van der Waals surface area contributed by atoms with Gasteiger partial charge in [0.25, 0.3) is 0 Å². The summed E-state index contributed by atoms with van der Waals surface area (Å²) in [5.41, 5.74) is 0. The number of hydrogen-bond acceptors (Lipinski definition) is 2. The summed E-state index contributed by atoms with van der Waals surface area (Å²) in [6, 6.07) is 1.75.